The van der Waals surface area contributed by atoms with E-state index in [2.05, 4.69) is 19.2 Å². The number of methoxy groups -OCH3 is 1. The lowest BCUT2D eigenvalue weighted by Crippen LogP contribution is -2.53. The molecule has 3 aromatic rings. The molecule has 1 N–H and O–H groups in total. The number of fused-ring (bicyclic) bond motifs is 5. The predicted molar refractivity (Wildman–Crippen MR) is 121 cm³/mol. The molecule has 2 aromatic carbocycles. The van der Waals surface area contributed by atoms with E-state index in [0.29, 0.717) is 18.5 Å². The molecule has 0 amide bonds. The van der Waals surface area contributed by atoms with Crippen LogP contribution in [0.4, 0.5) is 0 Å². The van der Waals surface area contributed by atoms with Gasteiger partial charge in [0.25, 0.3) is 0 Å². The quantitative estimate of drug-likeness (QED) is 0.634. The summed E-state index contributed by atoms with van der Waals surface area (Å²) in [4.78, 5) is 27.0. The minimum atomic E-state index is -2.27. The zero-order valence-electron chi connectivity index (χ0n) is 17.9. The van der Waals surface area contributed by atoms with Gasteiger partial charge < -0.3 is 9.84 Å². The first-order valence-electron chi connectivity index (χ1n) is 10.7. The summed E-state index contributed by atoms with van der Waals surface area (Å²) in [5.41, 5.74) is -0.136. The maximum absolute atomic E-state index is 13.5. The van der Waals surface area contributed by atoms with Crippen molar-refractivity contribution in [3.8, 4) is 11.4 Å². The van der Waals surface area contributed by atoms with Crippen molar-refractivity contribution in [3.05, 3.63) is 75.6 Å². The highest BCUT2D eigenvalue weighted by Gasteiger charge is 2.57. The first-order valence-corrected chi connectivity index (χ1v) is 13.8. The number of rotatable bonds is 4. The Morgan fingerprint density at radius 2 is 1.58 bits per heavy atom. The van der Waals surface area contributed by atoms with E-state index in [1.807, 2.05) is 36.4 Å². The third-order valence-electron chi connectivity index (χ3n) is 7.19. The van der Waals surface area contributed by atoms with Gasteiger partial charge in [-0.15, -0.1) is 0 Å². The second kappa shape index (κ2) is 7.10. The largest absolute Gasteiger partial charge is 0.497 e. The van der Waals surface area contributed by atoms with Crippen LogP contribution < -0.4 is 21.3 Å². The third kappa shape index (κ3) is 2.74. The molecule has 31 heavy (non-hydrogen) atoms. The van der Waals surface area contributed by atoms with Crippen LogP contribution in [0.15, 0.2) is 64.2 Å². The van der Waals surface area contributed by atoms with Crippen LogP contribution in [0, 0.1) is 0 Å². The SMILES string of the molecule is COc1ccccc1[Si](C)(C)[C@H]1[C@H]2CCC(O)[C@@H]1n1c(=O)n(-c3ccccc3)c(=O)n12. The lowest BCUT2D eigenvalue weighted by Gasteiger charge is -2.42. The Balaban J connectivity index is 1.70. The molecule has 2 aliphatic rings. The average molecular weight is 438 g/mol. The van der Waals surface area contributed by atoms with Gasteiger partial charge in [-0.05, 0) is 36.2 Å². The van der Waals surface area contributed by atoms with Crippen molar-refractivity contribution in [2.45, 2.75) is 49.7 Å². The van der Waals surface area contributed by atoms with Crippen molar-refractivity contribution >= 4 is 13.3 Å². The van der Waals surface area contributed by atoms with Crippen LogP contribution >= 0.6 is 0 Å². The number of benzene rings is 2. The molecule has 1 aliphatic heterocycles. The molecule has 4 atom stereocenters. The maximum atomic E-state index is 13.5. The van der Waals surface area contributed by atoms with Gasteiger partial charge in [0.2, 0.25) is 0 Å². The fourth-order valence-electron chi connectivity index (χ4n) is 5.85. The minimum absolute atomic E-state index is 0.0124. The summed E-state index contributed by atoms with van der Waals surface area (Å²) in [6, 6.07) is 16.5. The number of para-hydroxylation sites is 2. The standard InChI is InChI=1S/C23H27N3O4Si/c1-30-18-11-7-8-12-19(18)31(2,3)21-16-13-14-17(27)20(21)26-23(29)24(22(28)25(16)26)15-9-5-4-6-10-15/h4-12,16-17,20-21,27H,13-14H2,1-3H3/t16-,17?,20+,21+/m1/s1. The van der Waals surface area contributed by atoms with E-state index in [0.717, 1.165) is 10.9 Å². The van der Waals surface area contributed by atoms with Gasteiger partial charge in [0.15, 0.2) is 0 Å². The van der Waals surface area contributed by atoms with E-state index in [1.54, 1.807) is 28.6 Å². The highest BCUT2D eigenvalue weighted by molar-refractivity contribution is 6.91. The van der Waals surface area contributed by atoms with Crippen molar-refractivity contribution in [1.82, 2.24) is 13.9 Å². The maximum Gasteiger partial charge on any atom is 0.352 e. The summed E-state index contributed by atoms with van der Waals surface area (Å²) >= 11 is 0. The van der Waals surface area contributed by atoms with Crippen molar-refractivity contribution in [3.63, 3.8) is 0 Å². The van der Waals surface area contributed by atoms with Gasteiger partial charge in [0.05, 0.1) is 39.1 Å². The number of hydrogen-bond acceptors (Lipinski definition) is 4. The summed E-state index contributed by atoms with van der Waals surface area (Å²) in [5.74, 6) is 0.831. The van der Waals surface area contributed by atoms with E-state index < -0.39 is 20.2 Å². The topological polar surface area (TPSA) is 78.4 Å². The van der Waals surface area contributed by atoms with Crippen LogP contribution in [0.3, 0.4) is 0 Å². The number of ether oxygens (including phenoxy) is 1. The van der Waals surface area contributed by atoms with Crippen LogP contribution in [0.1, 0.15) is 24.9 Å². The van der Waals surface area contributed by atoms with Gasteiger partial charge in [0.1, 0.15) is 5.75 Å². The number of aromatic nitrogens is 3. The van der Waals surface area contributed by atoms with Gasteiger partial charge >= 0.3 is 11.4 Å². The predicted octanol–water partition coefficient (Wildman–Crippen LogP) is 2.05. The summed E-state index contributed by atoms with van der Waals surface area (Å²) in [5, 5.41) is 12.2. The molecule has 1 unspecified atom stereocenters. The molecule has 1 aromatic heterocycles. The average Bonchev–Trinajstić information content (AvgIpc) is 3.20. The zero-order chi connectivity index (χ0) is 21.9. The van der Waals surface area contributed by atoms with Gasteiger partial charge in [-0.2, -0.15) is 0 Å². The lowest BCUT2D eigenvalue weighted by atomic mass is 9.90. The number of nitrogens with zero attached hydrogens (tertiary/aromatic N) is 3. The number of hydrogen-bond donors (Lipinski definition) is 1. The molecule has 1 aliphatic carbocycles. The Kier molecular flexibility index (Phi) is 4.60. The summed E-state index contributed by atoms with van der Waals surface area (Å²) in [6.45, 7) is 4.50. The molecular formula is C23H27N3O4Si. The molecule has 1 saturated carbocycles. The zero-order valence-corrected chi connectivity index (χ0v) is 18.9. The molecule has 2 bridgehead atoms. The number of aliphatic hydroxyl groups excluding tert-OH is 1. The van der Waals surface area contributed by atoms with Crippen LogP contribution in [0.2, 0.25) is 18.6 Å². The van der Waals surface area contributed by atoms with Gasteiger partial charge in [-0.1, -0.05) is 49.5 Å². The first-order chi connectivity index (χ1) is 14.9. The molecule has 0 saturated heterocycles. The van der Waals surface area contributed by atoms with Crippen molar-refractivity contribution in [1.29, 1.82) is 0 Å². The highest BCUT2D eigenvalue weighted by Crippen LogP contribution is 2.54. The summed E-state index contributed by atoms with van der Waals surface area (Å²) < 4.78 is 10.1. The Labute approximate surface area is 181 Å². The summed E-state index contributed by atoms with van der Waals surface area (Å²) in [7, 11) is -0.601. The van der Waals surface area contributed by atoms with Crippen molar-refractivity contribution < 1.29 is 9.84 Å². The van der Waals surface area contributed by atoms with Crippen molar-refractivity contribution in [2.75, 3.05) is 7.11 Å². The Bertz CT molecular complexity index is 1240. The molecule has 5 rings (SSSR count). The first kappa shape index (κ1) is 20.1. The lowest BCUT2D eigenvalue weighted by molar-refractivity contribution is 0.0829. The smallest absolute Gasteiger partial charge is 0.352 e. The van der Waals surface area contributed by atoms with E-state index >= 15 is 0 Å². The van der Waals surface area contributed by atoms with E-state index in [1.165, 1.54) is 4.57 Å². The Morgan fingerprint density at radius 3 is 2.29 bits per heavy atom. The second-order valence-corrected chi connectivity index (χ2v) is 13.7. The molecule has 8 heteroatoms. The van der Waals surface area contributed by atoms with Crippen molar-refractivity contribution in [2.24, 2.45) is 0 Å². The van der Waals surface area contributed by atoms with Gasteiger partial charge in [-0.25, -0.2) is 23.5 Å². The van der Waals surface area contributed by atoms with E-state index in [4.69, 9.17) is 4.74 Å². The second-order valence-electron chi connectivity index (χ2n) is 9.08. The van der Waals surface area contributed by atoms with Crippen LogP contribution in [-0.2, 0) is 0 Å². The van der Waals surface area contributed by atoms with Gasteiger partial charge in [-0.3, -0.25) is 0 Å². The van der Waals surface area contributed by atoms with Crippen LogP contribution in [0.5, 0.6) is 5.75 Å². The molecule has 0 radical (unpaired) electrons. The van der Waals surface area contributed by atoms with Crippen LogP contribution in [0.25, 0.3) is 5.69 Å². The number of aliphatic hydroxyl groups is 1. The minimum Gasteiger partial charge on any atom is -0.497 e. The van der Waals surface area contributed by atoms with E-state index in [9.17, 15) is 14.7 Å². The van der Waals surface area contributed by atoms with Crippen LogP contribution in [-0.4, -0.2) is 40.3 Å². The van der Waals surface area contributed by atoms with Gasteiger partial charge in [0, 0.05) is 5.54 Å². The molecular weight excluding hydrogens is 410 g/mol. The molecule has 2 heterocycles. The normalized spacial score (nSPS) is 24.8. The summed E-state index contributed by atoms with van der Waals surface area (Å²) in [6.07, 6.45) is 0.591. The fourth-order valence-corrected chi connectivity index (χ4v) is 10.0. The molecule has 1 fully saturated rings. The highest BCUT2D eigenvalue weighted by atomic mass is 28.3. The third-order valence-corrected chi connectivity index (χ3v) is 11.4. The molecule has 7 nitrogen and oxygen atoms in total. The monoisotopic (exact) mass is 437 g/mol. The molecule has 162 valence electrons. The fraction of sp³-hybridized carbons (Fsp3) is 0.391. The Hall–Kier alpha value is -2.84. The Morgan fingerprint density at radius 1 is 0.935 bits per heavy atom. The van der Waals surface area contributed by atoms with E-state index in [-0.39, 0.29) is 23.0 Å². The molecule has 0 spiro atoms.